The van der Waals surface area contributed by atoms with Crippen LogP contribution in [-0.4, -0.2) is 75.8 Å². The van der Waals surface area contributed by atoms with Crippen LogP contribution >= 0.6 is 0 Å². The molecule has 4 rings (SSSR count). The summed E-state index contributed by atoms with van der Waals surface area (Å²) in [6.45, 7) is 10.3. The number of piperazine rings is 1. The summed E-state index contributed by atoms with van der Waals surface area (Å²) in [7, 11) is 0. The number of rotatable bonds is 9. The molecule has 0 radical (unpaired) electrons. The molecule has 2 aromatic rings. The van der Waals surface area contributed by atoms with Gasteiger partial charge in [0.2, 0.25) is 0 Å². The lowest BCUT2D eigenvalue weighted by Crippen LogP contribution is -2.50. The Bertz CT molecular complexity index is 1130. The van der Waals surface area contributed by atoms with Gasteiger partial charge in [-0.1, -0.05) is 13.3 Å². The second-order valence-electron chi connectivity index (χ2n) is 11.8. The number of hydrogen-bond acceptors (Lipinski definition) is 9. The van der Waals surface area contributed by atoms with Crippen molar-refractivity contribution < 1.29 is 19.4 Å². The lowest BCUT2D eigenvalue weighted by molar-refractivity contribution is 0.0240. The van der Waals surface area contributed by atoms with E-state index in [2.05, 4.69) is 27.4 Å². The highest BCUT2D eigenvalue weighted by molar-refractivity contribution is 5.99. The van der Waals surface area contributed by atoms with Gasteiger partial charge in [0, 0.05) is 50.0 Å². The monoisotopic (exact) mass is 552 g/mol. The lowest BCUT2D eigenvalue weighted by Gasteiger charge is -2.36. The van der Waals surface area contributed by atoms with E-state index in [4.69, 9.17) is 9.72 Å². The molecule has 40 heavy (non-hydrogen) atoms. The summed E-state index contributed by atoms with van der Waals surface area (Å²) in [5.41, 5.74) is 1.72. The first-order valence-electron chi connectivity index (χ1n) is 14.6. The molecule has 1 aliphatic heterocycles. The number of nitrogens with one attached hydrogen (secondary N) is 2. The number of aliphatic hydroxyl groups excluding tert-OH is 1. The van der Waals surface area contributed by atoms with E-state index in [1.54, 1.807) is 11.1 Å². The molecule has 2 aliphatic rings. The second kappa shape index (κ2) is 13.3. The minimum absolute atomic E-state index is 0.0244. The van der Waals surface area contributed by atoms with Gasteiger partial charge in [-0.15, -0.1) is 0 Å². The third-order valence-electron chi connectivity index (χ3n) is 7.27. The van der Waals surface area contributed by atoms with Gasteiger partial charge < -0.3 is 30.3 Å². The summed E-state index contributed by atoms with van der Waals surface area (Å²) in [6.07, 6.45) is 6.59. The fourth-order valence-electron chi connectivity index (χ4n) is 5.00. The van der Waals surface area contributed by atoms with Gasteiger partial charge in [0.05, 0.1) is 12.3 Å². The van der Waals surface area contributed by atoms with Crippen LogP contribution in [0.4, 0.5) is 27.8 Å². The predicted molar refractivity (Wildman–Crippen MR) is 158 cm³/mol. The Morgan fingerprint density at radius 1 is 1.05 bits per heavy atom. The molecular weight excluding hydrogens is 508 g/mol. The minimum atomic E-state index is -0.503. The Kier molecular flexibility index (Phi) is 9.84. The van der Waals surface area contributed by atoms with Crippen LogP contribution in [0.5, 0.6) is 0 Å². The van der Waals surface area contributed by atoms with Crippen molar-refractivity contribution in [3.05, 3.63) is 36.2 Å². The average molecular weight is 553 g/mol. The van der Waals surface area contributed by atoms with Crippen LogP contribution in [-0.2, 0) is 4.74 Å². The van der Waals surface area contributed by atoms with E-state index in [0.717, 1.165) is 63.0 Å². The summed E-state index contributed by atoms with van der Waals surface area (Å²) < 4.78 is 5.50. The van der Waals surface area contributed by atoms with Crippen molar-refractivity contribution in [3.8, 4) is 0 Å². The van der Waals surface area contributed by atoms with Gasteiger partial charge in [0.1, 0.15) is 17.1 Å². The Labute approximate surface area is 237 Å². The standard InChI is InChI=1S/C30H44N6O4/c1-5-6-7-25(38)27-28(34-26(20-31-27)32-21-10-14-24(37)15-11-21)33-22-8-12-23(13-9-22)35-16-18-36(19-17-35)29(39)40-30(2,3)4/h8-9,12-13,20-21,24,37H,5-7,10-11,14-19H2,1-4H3,(H2,32,33,34). The van der Waals surface area contributed by atoms with Crippen molar-refractivity contribution >= 4 is 34.9 Å². The molecule has 3 N–H and O–H groups in total. The number of amides is 1. The van der Waals surface area contributed by atoms with Crippen LogP contribution in [0.3, 0.4) is 0 Å². The van der Waals surface area contributed by atoms with Gasteiger partial charge in [-0.05, 0) is 77.1 Å². The third kappa shape index (κ3) is 8.30. The molecule has 2 fully saturated rings. The first-order chi connectivity index (χ1) is 19.1. The van der Waals surface area contributed by atoms with Crippen molar-refractivity contribution in [1.29, 1.82) is 0 Å². The molecule has 1 saturated carbocycles. The molecule has 0 atom stereocenters. The number of nitrogens with zero attached hydrogens (tertiary/aromatic N) is 4. The van der Waals surface area contributed by atoms with E-state index < -0.39 is 5.60 Å². The third-order valence-corrected chi connectivity index (χ3v) is 7.27. The van der Waals surface area contributed by atoms with E-state index in [-0.39, 0.29) is 24.0 Å². The first kappa shape index (κ1) is 29.6. The molecule has 10 nitrogen and oxygen atoms in total. The Morgan fingerprint density at radius 2 is 1.73 bits per heavy atom. The van der Waals surface area contributed by atoms with Crippen LogP contribution in [0.1, 0.15) is 83.1 Å². The Balaban J connectivity index is 1.42. The SMILES string of the molecule is CCCCC(=O)c1ncc(NC2CCC(O)CC2)nc1Nc1ccc(N2CCN(C(=O)OC(C)(C)C)CC2)cc1. The fraction of sp³-hybridized carbons (Fsp3) is 0.600. The van der Waals surface area contributed by atoms with E-state index in [9.17, 15) is 14.7 Å². The second-order valence-corrected chi connectivity index (χ2v) is 11.8. The van der Waals surface area contributed by atoms with Crippen molar-refractivity contribution in [2.24, 2.45) is 0 Å². The van der Waals surface area contributed by atoms with Crippen LogP contribution in [0.2, 0.25) is 0 Å². The zero-order valence-corrected chi connectivity index (χ0v) is 24.3. The molecule has 218 valence electrons. The number of ketones is 1. The lowest BCUT2D eigenvalue weighted by atomic mass is 9.93. The van der Waals surface area contributed by atoms with E-state index >= 15 is 0 Å². The summed E-state index contributed by atoms with van der Waals surface area (Å²) in [6, 6.07) is 8.24. The average Bonchev–Trinajstić information content (AvgIpc) is 2.93. The zero-order chi connectivity index (χ0) is 28.7. The smallest absolute Gasteiger partial charge is 0.410 e. The van der Waals surface area contributed by atoms with E-state index in [1.807, 2.05) is 45.0 Å². The van der Waals surface area contributed by atoms with Gasteiger partial charge in [-0.25, -0.2) is 14.8 Å². The number of anilines is 4. The molecular formula is C30H44N6O4. The Morgan fingerprint density at radius 3 is 2.35 bits per heavy atom. The topological polar surface area (TPSA) is 120 Å². The Hall–Kier alpha value is -3.40. The molecule has 2 heterocycles. The normalized spacial score (nSPS) is 19.7. The van der Waals surface area contributed by atoms with Crippen molar-refractivity contribution in [1.82, 2.24) is 14.9 Å². The summed E-state index contributed by atoms with van der Waals surface area (Å²) >= 11 is 0. The van der Waals surface area contributed by atoms with Crippen LogP contribution in [0.25, 0.3) is 0 Å². The number of aliphatic hydroxyl groups is 1. The summed E-state index contributed by atoms with van der Waals surface area (Å²) in [5.74, 6) is 1.04. The molecule has 1 aromatic heterocycles. The van der Waals surface area contributed by atoms with Gasteiger partial charge in [0.25, 0.3) is 0 Å². The molecule has 1 saturated heterocycles. The number of ether oxygens (including phenoxy) is 1. The number of carbonyl (C=O) groups is 2. The number of benzene rings is 1. The van der Waals surface area contributed by atoms with Crippen molar-refractivity contribution in [2.75, 3.05) is 41.7 Å². The molecule has 0 unspecified atom stereocenters. The number of unbranched alkanes of at least 4 members (excludes halogenated alkanes) is 1. The molecule has 1 aliphatic carbocycles. The molecule has 1 amide bonds. The largest absolute Gasteiger partial charge is 0.444 e. The number of Topliss-reactive ketones (excluding diaryl/α,β-unsaturated/α-hetero) is 1. The predicted octanol–water partition coefficient (Wildman–Crippen LogP) is 5.37. The van der Waals surface area contributed by atoms with E-state index in [0.29, 0.717) is 36.8 Å². The molecule has 1 aromatic carbocycles. The molecule has 10 heteroatoms. The van der Waals surface area contributed by atoms with Crippen LogP contribution < -0.4 is 15.5 Å². The quantitative estimate of drug-likeness (QED) is 0.353. The van der Waals surface area contributed by atoms with Gasteiger partial charge in [-0.3, -0.25) is 4.79 Å². The highest BCUT2D eigenvalue weighted by atomic mass is 16.6. The molecule has 0 spiro atoms. The fourth-order valence-corrected chi connectivity index (χ4v) is 5.00. The summed E-state index contributed by atoms with van der Waals surface area (Å²) in [4.78, 5) is 38.6. The zero-order valence-electron chi connectivity index (χ0n) is 24.3. The van der Waals surface area contributed by atoms with Gasteiger partial charge >= 0.3 is 6.09 Å². The number of aromatic nitrogens is 2. The first-order valence-corrected chi connectivity index (χ1v) is 14.6. The maximum atomic E-state index is 12.9. The van der Waals surface area contributed by atoms with Crippen molar-refractivity contribution in [2.45, 2.75) is 90.4 Å². The number of carbonyl (C=O) groups excluding carboxylic acids is 2. The maximum Gasteiger partial charge on any atom is 0.410 e. The van der Waals surface area contributed by atoms with Crippen LogP contribution in [0.15, 0.2) is 30.5 Å². The number of hydrogen-bond donors (Lipinski definition) is 3. The van der Waals surface area contributed by atoms with E-state index in [1.165, 1.54) is 0 Å². The van der Waals surface area contributed by atoms with Gasteiger partial charge in [-0.2, -0.15) is 0 Å². The summed E-state index contributed by atoms with van der Waals surface area (Å²) in [5, 5.41) is 16.6. The highest BCUT2D eigenvalue weighted by Crippen LogP contribution is 2.26. The van der Waals surface area contributed by atoms with Crippen molar-refractivity contribution in [3.63, 3.8) is 0 Å². The highest BCUT2D eigenvalue weighted by Gasteiger charge is 2.26. The minimum Gasteiger partial charge on any atom is -0.444 e. The molecule has 0 bridgehead atoms. The van der Waals surface area contributed by atoms with Gasteiger partial charge in [0.15, 0.2) is 11.6 Å². The maximum absolute atomic E-state index is 12.9. The van der Waals surface area contributed by atoms with Crippen LogP contribution in [0, 0.1) is 0 Å².